The van der Waals surface area contributed by atoms with Gasteiger partial charge in [-0.05, 0) is 18.2 Å². The van der Waals surface area contributed by atoms with Crippen LogP contribution in [0.1, 0.15) is 18.4 Å². The first-order valence-electron chi connectivity index (χ1n) is 5.81. The second kappa shape index (κ2) is 11.6. The molecule has 6 heteroatoms. The number of nitrogens with one attached hydrogen (secondary N) is 1. The molecule has 0 unspecified atom stereocenters. The Bertz CT molecular complexity index is 457. The normalized spacial score (nSPS) is 9.45. The number of rotatable bonds is 6. The van der Waals surface area contributed by atoms with Crippen molar-refractivity contribution in [3.63, 3.8) is 0 Å². The van der Waals surface area contributed by atoms with Crippen LogP contribution in [0.4, 0.5) is 0 Å². The van der Waals surface area contributed by atoms with Crippen LogP contribution in [-0.4, -0.2) is 30.7 Å². The lowest BCUT2D eigenvalue weighted by Crippen LogP contribution is -2.21. The largest absolute Gasteiger partial charge is 0.507 e. The van der Waals surface area contributed by atoms with Crippen molar-refractivity contribution in [2.45, 2.75) is 12.8 Å². The van der Waals surface area contributed by atoms with Crippen molar-refractivity contribution < 1.29 is 24.3 Å². The molecule has 0 saturated heterocycles. The number of para-hydroxylation sites is 1. The Kier molecular flexibility index (Phi) is 10.2. The minimum Gasteiger partial charge on any atom is -0.507 e. The monoisotopic (exact) mass is 279 g/mol. The van der Waals surface area contributed by atoms with E-state index in [-0.39, 0.29) is 24.5 Å². The summed E-state index contributed by atoms with van der Waals surface area (Å²) < 4.78 is 0. The van der Waals surface area contributed by atoms with E-state index in [1.165, 1.54) is 13.2 Å². The van der Waals surface area contributed by atoms with Gasteiger partial charge in [0.2, 0.25) is 5.91 Å². The van der Waals surface area contributed by atoms with E-state index >= 15 is 0 Å². The molecule has 0 radical (unpaired) electrons. The Balaban J connectivity index is 0.000000370. The van der Waals surface area contributed by atoms with E-state index in [1.54, 1.807) is 30.3 Å². The molecule has 0 spiro atoms. The summed E-state index contributed by atoms with van der Waals surface area (Å²) in [4.78, 5) is 34.3. The third-order valence-corrected chi connectivity index (χ3v) is 2.00. The Morgan fingerprint density at radius 2 is 2.05 bits per heavy atom. The predicted molar refractivity (Wildman–Crippen MR) is 73.7 cm³/mol. The molecule has 0 aliphatic rings. The van der Waals surface area contributed by atoms with Crippen molar-refractivity contribution in [3.8, 4) is 5.75 Å². The number of hydroxylamine groups is 1. The summed E-state index contributed by atoms with van der Waals surface area (Å²) in [6.07, 6.45) is 4.70. The number of hydrogen-bond donors (Lipinski definition) is 2. The molecule has 6 nitrogen and oxygen atoms in total. The minimum absolute atomic E-state index is 0.186. The van der Waals surface area contributed by atoms with Crippen LogP contribution in [0.15, 0.2) is 30.3 Å². The molecule has 0 aliphatic heterocycles. The zero-order valence-corrected chi connectivity index (χ0v) is 11.1. The number of hydrogen-bond acceptors (Lipinski definition) is 5. The fourth-order valence-electron chi connectivity index (χ4n) is 1.13. The first-order valence-corrected chi connectivity index (χ1v) is 5.81. The maximum Gasteiger partial charge on any atom is 0.243 e. The van der Waals surface area contributed by atoms with Crippen molar-refractivity contribution in [3.05, 3.63) is 35.9 Å². The lowest BCUT2D eigenvalue weighted by atomic mass is 10.2. The van der Waals surface area contributed by atoms with Crippen molar-refractivity contribution >= 4 is 24.6 Å². The molecule has 0 aliphatic carbocycles. The second-order valence-corrected chi connectivity index (χ2v) is 3.49. The fourth-order valence-corrected chi connectivity index (χ4v) is 1.13. The summed E-state index contributed by atoms with van der Waals surface area (Å²) >= 11 is 0. The molecule has 1 amide bonds. The molecule has 0 saturated carbocycles. The Morgan fingerprint density at radius 1 is 1.35 bits per heavy atom. The molecule has 20 heavy (non-hydrogen) atoms. The van der Waals surface area contributed by atoms with Crippen LogP contribution < -0.4 is 5.48 Å². The summed E-state index contributed by atoms with van der Waals surface area (Å²) in [6.45, 7) is 0. The molecule has 0 fully saturated rings. The fraction of sp³-hybridized carbons (Fsp3) is 0.214. The van der Waals surface area contributed by atoms with Gasteiger partial charge in [-0.3, -0.25) is 14.4 Å². The first kappa shape index (κ1) is 17.5. The highest BCUT2D eigenvalue weighted by molar-refractivity contribution is 5.77. The van der Waals surface area contributed by atoms with Crippen LogP contribution in [-0.2, 0) is 19.2 Å². The highest BCUT2D eigenvalue weighted by Gasteiger charge is 1.96. The van der Waals surface area contributed by atoms with Crippen molar-refractivity contribution in [1.29, 1.82) is 0 Å². The molecule has 0 atom stereocenters. The van der Waals surface area contributed by atoms with Gasteiger partial charge in [0.15, 0.2) is 0 Å². The van der Waals surface area contributed by atoms with E-state index in [9.17, 15) is 14.4 Å². The molecule has 0 aromatic heterocycles. The number of amides is 1. The van der Waals surface area contributed by atoms with E-state index < -0.39 is 0 Å². The summed E-state index contributed by atoms with van der Waals surface area (Å²) in [5, 5.41) is 9.17. The van der Waals surface area contributed by atoms with Crippen LogP contribution >= 0.6 is 0 Å². The lowest BCUT2D eigenvalue weighted by molar-refractivity contribution is -0.132. The summed E-state index contributed by atoms with van der Waals surface area (Å²) in [6, 6.07) is 6.83. The number of aldehydes is 2. The van der Waals surface area contributed by atoms with Gasteiger partial charge < -0.3 is 9.90 Å². The van der Waals surface area contributed by atoms with Crippen molar-refractivity contribution in [2.75, 3.05) is 7.11 Å². The van der Waals surface area contributed by atoms with Gasteiger partial charge in [0, 0.05) is 18.4 Å². The van der Waals surface area contributed by atoms with Gasteiger partial charge in [0.25, 0.3) is 0 Å². The molecular weight excluding hydrogens is 262 g/mol. The number of phenolic OH excluding ortho intramolecular Hbond substituents is 1. The van der Waals surface area contributed by atoms with E-state index in [0.717, 1.165) is 0 Å². The van der Waals surface area contributed by atoms with Crippen LogP contribution in [0.25, 0.3) is 6.08 Å². The average Bonchev–Trinajstić information content (AvgIpc) is 2.45. The summed E-state index contributed by atoms with van der Waals surface area (Å²) in [5.74, 6) is -0.0878. The smallest absolute Gasteiger partial charge is 0.243 e. The lowest BCUT2D eigenvalue weighted by Gasteiger charge is -1.96. The zero-order chi connectivity index (χ0) is 15.2. The maximum absolute atomic E-state index is 10.4. The molecule has 1 aromatic carbocycles. The SMILES string of the molecule is CONC(=O)CCC=O.O=C/C=C/c1ccccc1O. The van der Waals surface area contributed by atoms with E-state index in [1.807, 2.05) is 0 Å². The average molecular weight is 279 g/mol. The van der Waals surface area contributed by atoms with Crippen molar-refractivity contribution in [1.82, 2.24) is 5.48 Å². The van der Waals surface area contributed by atoms with Gasteiger partial charge in [0.1, 0.15) is 18.3 Å². The summed E-state index contributed by atoms with van der Waals surface area (Å²) in [5.41, 5.74) is 2.73. The van der Waals surface area contributed by atoms with E-state index in [0.29, 0.717) is 18.1 Å². The van der Waals surface area contributed by atoms with Gasteiger partial charge in [-0.25, -0.2) is 5.48 Å². The molecule has 2 N–H and O–H groups in total. The van der Waals surface area contributed by atoms with Crippen LogP contribution in [0.5, 0.6) is 5.75 Å². The van der Waals surface area contributed by atoms with Gasteiger partial charge >= 0.3 is 0 Å². The molecule has 0 bridgehead atoms. The van der Waals surface area contributed by atoms with Crippen LogP contribution in [0.3, 0.4) is 0 Å². The van der Waals surface area contributed by atoms with Gasteiger partial charge in [-0.15, -0.1) is 0 Å². The van der Waals surface area contributed by atoms with Gasteiger partial charge in [-0.2, -0.15) is 0 Å². The van der Waals surface area contributed by atoms with Gasteiger partial charge in [0.05, 0.1) is 7.11 Å². The topological polar surface area (TPSA) is 92.7 Å². The third kappa shape index (κ3) is 8.60. The Morgan fingerprint density at radius 3 is 2.60 bits per heavy atom. The summed E-state index contributed by atoms with van der Waals surface area (Å²) in [7, 11) is 1.35. The number of aromatic hydroxyl groups is 1. The van der Waals surface area contributed by atoms with E-state index in [2.05, 4.69) is 10.3 Å². The van der Waals surface area contributed by atoms with Crippen LogP contribution in [0, 0.1) is 0 Å². The third-order valence-electron chi connectivity index (χ3n) is 2.00. The Labute approximate surface area is 117 Å². The van der Waals surface area contributed by atoms with E-state index in [4.69, 9.17) is 5.11 Å². The highest BCUT2D eigenvalue weighted by Crippen LogP contribution is 2.16. The molecule has 1 rings (SSSR count). The number of allylic oxidation sites excluding steroid dienone is 1. The van der Waals surface area contributed by atoms with Crippen molar-refractivity contribution in [2.24, 2.45) is 0 Å². The maximum atomic E-state index is 10.4. The first-order chi connectivity index (χ1) is 9.65. The van der Waals surface area contributed by atoms with Gasteiger partial charge in [-0.1, -0.05) is 18.2 Å². The van der Waals surface area contributed by atoms with Crippen LogP contribution in [0.2, 0.25) is 0 Å². The quantitative estimate of drug-likeness (QED) is 0.464. The number of carbonyl (C=O) groups excluding carboxylic acids is 3. The molecule has 1 aromatic rings. The Hall–Kier alpha value is -2.47. The zero-order valence-electron chi connectivity index (χ0n) is 11.1. The molecule has 0 heterocycles. The number of phenols is 1. The molecular formula is C14H17NO5. The molecule has 108 valence electrons. The highest BCUT2D eigenvalue weighted by atomic mass is 16.6. The predicted octanol–water partition coefficient (Wildman–Crippen LogP) is 1.25. The standard InChI is InChI=1S/C9H8O2.C5H9NO3/c10-7-3-5-8-4-1-2-6-9(8)11;1-9-6-5(8)3-2-4-7/h1-7,11H;4H,2-3H2,1H3,(H,6,8)/b5-3+;. The minimum atomic E-state index is -0.274. The number of carbonyl (C=O) groups is 3. The number of benzene rings is 1. The second-order valence-electron chi connectivity index (χ2n) is 3.49.